The number of likely N-dealkylation sites (tertiary alicyclic amines) is 1. The van der Waals surface area contributed by atoms with Gasteiger partial charge in [0.05, 0.1) is 16.5 Å². The monoisotopic (exact) mass is 530 g/mol. The summed E-state index contributed by atoms with van der Waals surface area (Å²) in [5.74, 6) is -0.816. The molecule has 0 bridgehead atoms. The number of carbonyl (C=O) groups is 1. The van der Waals surface area contributed by atoms with Gasteiger partial charge in [0.15, 0.2) is 5.76 Å². The van der Waals surface area contributed by atoms with Crippen molar-refractivity contribution < 1.29 is 23.5 Å². The van der Waals surface area contributed by atoms with E-state index in [0.717, 1.165) is 22.9 Å². The van der Waals surface area contributed by atoms with E-state index in [0.29, 0.717) is 36.5 Å². The first-order chi connectivity index (χ1) is 17.1. The van der Waals surface area contributed by atoms with E-state index in [1.54, 1.807) is 52.8 Å². The summed E-state index contributed by atoms with van der Waals surface area (Å²) in [5.41, 5.74) is 0.529. The maximum Gasteiger partial charge on any atom is 0.309 e. The highest BCUT2D eigenvalue weighted by atomic mass is 32.2. The van der Waals surface area contributed by atoms with E-state index in [4.69, 9.17) is 9.94 Å². The molecule has 1 fully saturated rings. The molecule has 0 saturated carbocycles. The molecular formula is C27H29F2N2O3PS. The molecule has 2 aromatic carbocycles. The SMILES string of the molecule is C=C(/C=C/C(=C(\SC)C(F)(F)P)c1ccccc1)O/N=C(\C)c1ccc(CN2CC(C(=O)O)C2)cc1. The number of thioether (sulfide) groups is 1. The number of benzene rings is 2. The first kappa shape index (κ1) is 27.8. The van der Waals surface area contributed by atoms with Crippen LogP contribution in [-0.2, 0) is 16.2 Å². The number of carboxylic acids is 1. The van der Waals surface area contributed by atoms with E-state index in [1.165, 1.54) is 6.08 Å². The van der Waals surface area contributed by atoms with Crippen molar-refractivity contribution in [1.82, 2.24) is 4.90 Å². The number of hydrogen-bond acceptors (Lipinski definition) is 5. The van der Waals surface area contributed by atoms with Gasteiger partial charge in [0.25, 0.3) is 5.66 Å². The summed E-state index contributed by atoms with van der Waals surface area (Å²) < 4.78 is 28.4. The molecule has 36 heavy (non-hydrogen) atoms. The van der Waals surface area contributed by atoms with Gasteiger partial charge in [-0.2, -0.15) is 8.78 Å². The summed E-state index contributed by atoms with van der Waals surface area (Å²) in [6.45, 7) is 7.46. The van der Waals surface area contributed by atoms with Crippen LogP contribution in [0.3, 0.4) is 0 Å². The molecule has 1 N–H and O–H groups in total. The summed E-state index contributed by atoms with van der Waals surface area (Å²) in [7, 11) is 1.59. The molecule has 1 heterocycles. The van der Waals surface area contributed by atoms with E-state index in [-0.39, 0.29) is 16.6 Å². The van der Waals surface area contributed by atoms with Gasteiger partial charge in [-0.25, -0.2) is 0 Å². The molecule has 9 heteroatoms. The fraction of sp³-hybridized carbons (Fsp3) is 0.259. The highest BCUT2D eigenvalue weighted by Crippen LogP contribution is 2.42. The zero-order chi connectivity index (χ0) is 26.3. The molecule has 3 rings (SSSR count). The number of oxime groups is 1. The lowest BCUT2D eigenvalue weighted by atomic mass is 9.99. The summed E-state index contributed by atoms with van der Waals surface area (Å²) >= 11 is 0.988. The second-order valence-corrected chi connectivity index (χ2v) is 9.97. The van der Waals surface area contributed by atoms with Crippen LogP contribution in [0, 0.1) is 5.92 Å². The molecule has 0 radical (unpaired) electrons. The molecule has 0 amide bonds. The number of nitrogens with zero attached hydrogens (tertiary/aromatic N) is 2. The third-order valence-electron chi connectivity index (χ3n) is 5.66. The minimum atomic E-state index is -3.08. The predicted octanol–water partition coefficient (Wildman–Crippen LogP) is 6.26. The van der Waals surface area contributed by atoms with Crippen molar-refractivity contribution in [2.45, 2.75) is 19.1 Å². The van der Waals surface area contributed by atoms with E-state index < -0.39 is 11.6 Å². The van der Waals surface area contributed by atoms with Gasteiger partial charge in [0, 0.05) is 19.6 Å². The summed E-state index contributed by atoms with van der Waals surface area (Å²) in [6.07, 6.45) is 4.70. The normalized spacial score (nSPS) is 16.0. The fourth-order valence-electron chi connectivity index (χ4n) is 3.70. The largest absolute Gasteiger partial charge is 0.481 e. The second-order valence-electron chi connectivity index (χ2n) is 8.43. The van der Waals surface area contributed by atoms with E-state index >= 15 is 0 Å². The average molecular weight is 531 g/mol. The number of carboxylic acid groups (broad SMARTS) is 1. The van der Waals surface area contributed by atoms with E-state index in [2.05, 4.69) is 16.6 Å². The Morgan fingerprint density at radius 3 is 2.39 bits per heavy atom. The number of allylic oxidation sites excluding steroid dienone is 4. The van der Waals surface area contributed by atoms with Crippen molar-refractivity contribution in [3.05, 3.63) is 101 Å². The number of rotatable bonds is 11. The van der Waals surface area contributed by atoms with Crippen LogP contribution in [0.25, 0.3) is 5.57 Å². The lowest BCUT2D eigenvalue weighted by Crippen LogP contribution is -2.49. The van der Waals surface area contributed by atoms with Crippen LogP contribution < -0.4 is 0 Å². The third-order valence-corrected chi connectivity index (χ3v) is 7.05. The van der Waals surface area contributed by atoms with Crippen molar-refractivity contribution in [2.75, 3.05) is 19.3 Å². The molecule has 0 aliphatic carbocycles. The smallest absolute Gasteiger partial charge is 0.309 e. The van der Waals surface area contributed by atoms with Gasteiger partial charge < -0.3 is 9.94 Å². The molecule has 1 saturated heterocycles. The van der Waals surface area contributed by atoms with Gasteiger partial charge in [-0.3, -0.25) is 9.69 Å². The Morgan fingerprint density at radius 1 is 1.19 bits per heavy atom. The number of hydrogen-bond donors (Lipinski definition) is 1. The number of halogens is 2. The van der Waals surface area contributed by atoms with Gasteiger partial charge in [-0.05, 0) is 47.6 Å². The molecule has 0 aromatic heterocycles. The number of aliphatic carboxylic acids is 1. The van der Waals surface area contributed by atoms with Crippen LogP contribution in [-0.4, -0.2) is 46.7 Å². The van der Waals surface area contributed by atoms with Crippen molar-refractivity contribution in [3.63, 3.8) is 0 Å². The second kappa shape index (κ2) is 12.4. The van der Waals surface area contributed by atoms with Crippen LogP contribution >= 0.6 is 21.0 Å². The van der Waals surface area contributed by atoms with Gasteiger partial charge in [0.1, 0.15) is 0 Å². The van der Waals surface area contributed by atoms with Crippen molar-refractivity contribution in [1.29, 1.82) is 0 Å². The molecule has 2 aromatic rings. The molecule has 1 aliphatic heterocycles. The Morgan fingerprint density at radius 2 is 1.83 bits per heavy atom. The topological polar surface area (TPSA) is 62.1 Å². The van der Waals surface area contributed by atoms with Gasteiger partial charge in [-0.1, -0.05) is 75.6 Å². The Bertz CT molecular complexity index is 1170. The molecule has 5 nitrogen and oxygen atoms in total. The third kappa shape index (κ3) is 7.60. The van der Waals surface area contributed by atoms with Gasteiger partial charge >= 0.3 is 5.97 Å². The first-order valence-electron chi connectivity index (χ1n) is 11.2. The van der Waals surface area contributed by atoms with Crippen molar-refractivity contribution in [3.8, 4) is 0 Å². The molecule has 1 atom stereocenters. The Labute approximate surface area is 216 Å². The zero-order valence-electron chi connectivity index (χ0n) is 20.2. The molecule has 1 unspecified atom stereocenters. The van der Waals surface area contributed by atoms with Crippen LogP contribution in [0.4, 0.5) is 8.78 Å². The Balaban J connectivity index is 1.64. The quantitative estimate of drug-likeness (QED) is 0.122. The summed E-state index contributed by atoms with van der Waals surface area (Å²) in [5, 5.41) is 13.1. The predicted molar refractivity (Wildman–Crippen MR) is 146 cm³/mol. The Hall–Kier alpha value is -2.80. The fourth-order valence-corrected chi connectivity index (χ4v) is 4.88. The van der Waals surface area contributed by atoms with E-state index in [9.17, 15) is 13.6 Å². The van der Waals surface area contributed by atoms with Gasteiger partial charge in [-0.15, -0.1) is 11.8 Å². The standard InChI is InChI=1S/C27H29F2N2O3PS/c1-18(9-14-24(22-7-5-4-6-8-22)25(36-3)27(28,29)35)34-30-19(2)21-12-10-20(11-13-21)15-31-16-23(17-31)26(32)33/h4-14,23H,1,15-17,35H2,2-3H3,(H,32,33)/b14-9+,25-24+,30-19+. The summed E-state index contributed by atoms with van der Waals surface area (Å²) in [6, 6.07) is 16.8. The summed E-state index contributed by atoms with van der Waals surface area (Å²) in [4.78, 5) is 18.4. The maximum absolute atomic E-state index is 14.2. The Kier molecular flexibility index (Phi) is 9.60. The lowest BCUT2D eigenvalue weighted by molar-refractivity contribution is -0.147. The maximum atomic E-state index is 14.2. The molecular weight excluding hydrogens is 501 g/mol. The van der Waals surface area contributed by atoms with E-state index in [1.807, 2.05) is 30.3 Å². The molecule has 190 valence electrons. The van der Waals surface area contributed by atoms with Crippen molar-refractivity contribution in [2.24, 2.45) is 11.1 Å². The average Bonchev–Trinajstić information content (AvgIpc) is 2.82. The number of alkyl halides is 2. The molecule has 0 spiro atoms. The van der Waals surface area contributed by atoms with Crippen LogP contribution in [0.5, 0.6) is 0 Å². The highest BCUT2D eigenvalue weighted by Gasteiger charge is 2.32. The van der Waals surface area contributed by atoms with Crippen LogP contribution in [0.15, 0.2) is 89.1 Å². The van der Waals surface area contributed by atoms with Crippen LogP contribution in [0.2, 0.25) is 0 Å². The first-order valence-corrected chi connectivity index (χ1v) is 13.0. The zero-order valence-corrected chi connectivity index (χ0v) is 22.1. The highest BCUT2D eigenvalue weighted by molar-refractivity contribution is 8.02. The minimum Gasteiger partial charge on any atom is -0.481 e. The molecule has 1 aliphatic rings. The minimum absolute atomic E-state index is 0.0840. The van der Waals surface area contributed by atoms with Crippen LogP contribution in [0.1, 0.15) is 23.6 Å². The van der Waals surface area contributed by atoms with Crippen molar-refractivity contribution >= 4 is 38.3 Å². The van der Waals surface area contributed by atoms with Gasteiger partial charge in [0.2, 0.25) is 0 Å². The lowest BCUT2D eigenvalue weighted by Gasteiger charge is -2.36.